The minimum Gasteiger partial charge on any atom is -0.459 e. The number of aliphatic hydroxyl groups is 5. The molecule has 3 aliphatic rings. The Labute approximate surface area is 309 Å². The number of carbonyl (C=O) groups is 1. The van der Waals surface area contributed by atoms with Crippen LogP contribution in [0.1, 0.15) is 94.9 Å². The van der Waals surface area contributed by atoms with Crippen LogP contribution in [-0.4, -0.2) is 153 Å². The summed E-state index contributed by atoms with van der Waals surface area (Å²) in [5.41, 5.74) is -4.68. The summed E-state index contributed by atoms with van der Waals surface area (Å²) in [6.45, 7) is 16.6. The molecule has 18 atom stereocenters. The SMILES string of the molecule is CCC1OC(=O)C(C)C(OC2CC(C)(OC)C(O)C(C)O2)C(C)C(OC2OC(C)CC(N(C)C)C2O)C(C)(O)CC(C)/C(=N/O)C(C)C(O)C1(C)O. The molecule has 0 aliphatic carbocycles. The van der Waals surface area contributed by atoms with Gasteiger partial charge in [-0.25, -0.2) is 0 Å². The van der Waals surface area contributed by atoms with E-state index in [1.165, 1.54) is 14.0 Å². The molecule has 52 heavy (non-hydrogen) atoms. The highest BCUT2D eigenvalue weighted by Gasteiger charge is 2.53. The van der Waals surface area contributed by atoms with Gasteiger partial charge >= 0.3 is 5.97 Å². The molecule has 0 aromatic rings. The molecule has 6 N–H and O–H groups in total. The quantitative estimate of drug-likeness (QED) is 0.125. The van der Waals surface area contributed by atoms with E-state index in [2.05, 4.69) is 5.16 Å². The lowest BCUT2D eigenvalue weighted by Crippen LogP contribution is -2.61. The van der Waals surface area contributed by atoms with Crippen LogP contribution in [0.15, 0.2) is 5.16 Å². The van der Waals surface area contributed by atoms with Crippen molar-refractivity contribution < 1.29 is 64.0 Å². The van der Waals surface area contributed by atoms with Gasteiger partial charge in [0, 0.05) is 37.3 Å². The van der Waals surface area contributed by atoms with E-state index in [0.717, 1.165) is 0 Å². The molecule has 15 nitrogen and oxygen atoms in total. The van der Waals surface area contributed by atoms with Crippen LogP contribution in [0, 0.1) is 23.7 Å². The number of hydrogen-bond donors (Lipinski definition) is 6. The first-order valence-corrected chi connectivity index (χ1v) is 18.7. The average Bonchev–Trinajstić information content (AvgIpc) is 3.06. The van der Waals surface area contributed by atoms with Crippen molar-refractivity contribution in [3.05, 3.63) is 0 Å². The van der Waals surface area contributed by atoms with Gasteiger partial charge in [0.25, 0.3) is 0 Å². The molecule has 3 aliphatic heterocycles. The van der Waals surface area contributed by atoms with Crippen molar-refractivity contribution in [2.24, 2.45) is 28.8 Å². The molecule has 3 rings (SSSR count). The topological polar surface area (TPSA) is 209 Å². The summed E-state index contributed by atoms with van der Waals surface area (Å²) < 4.78 is 37.2. The predicted molar refractivity (Wildman–Crippen MR) is 190 cm³/mol. The van der Waals surface area contributed by atoms with E-state index in [-0.39, 0.29) is 37.1 Å². The summed E-state index contributed by atoms with van der Waals surface area (Å²) in [5.74, 6) is -4.24. The maximum Gasteiger partial charge on any atom is 0.311 e. The second-order valence-corrected chi connectivity index (χ2v) is 16.6. The Kier molecular flexibility index (Phi) is 15.1. The third kappa shape index (κ3) is 9.47. The van der Waals surface area contributed by atoms with Crippen LogP contribution < -0.4 is 0 Å². The molecular weight excluding hydrogens is 680 g/mol. The van der Waals surface area contributed by atoms with E-state index in [4.69, 9.17) is 28.4 Å². The average molecular weight is 749 g/mol. The number of hydrogen-bond acceptors (Lipinski definition) is 15. The zero-order valence-electron chi connectivity index (χ0n) is 33.4. The van der Waals surface area contributed by atoms with Crippen molar-refractivity contribution in [3.8, 4) is 0 Å². The fourth-order valence-corrected chi connectivity index (χ4v) is 8.61. The normalized spacial score (nSPS) is 49.8. The van der Waals surface area contributed by atoms with Gasteiger partial charge in [-0.2, -0.15) is 0 Å². The number of cyclic esters (lactones) is 1. The molecule has 0 aromatic heterocycles. The summed E-state index contributed by atoms with van der Waals surface area (Å²) >= 11 is 0. The van der Waals surface area contributed by atoms with Crippen molar-refractivity contribution in [2.75, 3.05) is 21.2 Å². The molecule has 0 spiro atoms. The number of methoxy groups -OCH3 is 1. The van der Waals surface area contributed by atoms with Crippen LogP contribution >= 0.6 is 0 Å². The summed E-state index contributed by atoms with van der Waals surface area (Å²) in [4.78, 5) is 16.0. The monoisotopic (exact) mass is 748 g/mol. The number of esters is 1. The van der Waals surface area contributed by atoms with Gasteiger partial charge in [-0.3, -0.25) is 4.79 Å². The van der Waals surface area contributed by atoms with Crippen molar-refractivity contribution in [3.63, 3.8) is 0 Å². The van der Waals surface area contributed by atoms with Gasteiger partial charge in [0.15, 0.2) is 12.6 Å². The summed E-state index contributed by atoms with van der Waals surface area (Å²) in [6.07, 6.45) is -9.51. The number of likely N-dealkylation sites (N-methyl/N-ethyl adjacent to an activating group) is 1. The molecule has 0 saturated carbocycles. The van der Waals surface area contributed by atoms with Crippen LogP contribution in [0.3, 0.4) is 0 Å². The largest absolute Gasteiger partial charge is 0.459 e. The predicted octanol–water partition coefficient (Wildman–Crippen LogP) is 2.05. The highest BCUT2D eigenvalue weighted by Crippen LogP contribution is 2.41. The van der Waals surface area contributed by atoms with Gasteiger partial charge in [0.05, 0.1) is 53.4 Å². The summed E-state index contributed by atoms with van der Waals surface area (Å²) in [7, 11) is 5.19. The summed E-state index contributed by atoms with van der Waals surface area (Å²) in [5, 5.41) is 71.8. The van der Waals surface area contributed by atoms with Crippen LogP contribution in [-0.2, 0) is 33.2 Å². The van der Waals surface area contributed by atoms with E-state index in [0.29, 0.717) is 6.42 Å². The third-order valence-electron chi connectivity index (χ3n) is 12.0. The minimum absolute atomic E-state index is 0.0657. The Hall–Kier alpha value is -1.50. The second kappa shape index (κ2) is 17.5. The number of oxime groups is 1. The van der Waals surface area contributed by atoms with Gasteiger partial charge in [-0.05, 0) is 74.9 Å². The fourth-order valence-electron chi connectivity index (χ4n) is 8.61. The van der Waals surface area contributed by atoms with E-state index >= 15 is 0 Å². The Morgan fingerprint density at radius 2 is 1.54 bits per heavy atom. The number of aliphatic hydroxyl groups excluding tert-OH is 3. The highest BCUT2D eigenvalue weighted by molar-refractivity contribution is 5.88. The minimum atomic E-state index is -1.97. The molecule has 0 aromatic carbocycles. The third-order valence-corrected chi connectivity index (χ3v) is 12.0. The van der Waals surface area contributed by atoms with Crippen molar-refractivity contribution in [2.45, 2.75) is 179 Å². The van der Waals surface area contributed by atoms with Crippen molar-refractivity contribution >= 4 is 11.7 Å². The molecule has 3 saturated heterocycles. The lowest BCUT2D eigenvalue weighted by atomic mass is 9.73. The number of carbonyl (C=O) groups excluding carboxylic acids is 1. The van der Waals surface area contributed by atoms with E-state index in [9.17, 15) is 35.5 Å². The molecule has 3 fully saturated rings. The van der Waals surface area contributed by atoms with Crippen LogP contribution in [0.5, 0.6) is 0 Å². The molecule has 15 heteroatoms. The zero-order chi connectivity index (χ0) is 39.7. The Morgan fingerprint density at radius 3 is 2.08 bits per heavy atom. The lowest BCUT2D eigenvalue weighted by Gasteiger charge is -2.49. The van der Waals surface area contributed by atoms with Crippen molar-refractivity contribution in [1.82, 2.24) is 4.90 Å². The van der Waals surface area contributed by atoms with Crippen molar-refractivity contribution in [1.29, 1.82) is 0 Å². The van der Waals surface area contributed by atoms with Gasteiger partial charge in [0.1, 0.15) is 23.9 Å². The van der Waals surface area contributed by atoms with Gasteiger partial charge in [-0.15, -0.1) is 0 Å². The first kappa shape index (κ1) is 44.9. The number of rotatable bonds is 7. The van der Waals surface area contributed by atoms with Crippen LogP contribution in [0.25, 0.3) is 0 Å². The second-order valence-electron chi connectivity index (χ2n) is 16.6. The van der Waals surface area contributed by atoms with Crippen LogP contribution in [0.4, 0.5) is 0 Å². The maximum atomic E-state index is 14.1. The fraction of sp³-hybridized carbons (Fsp3) is 0.946. The Bertz CT molecular complexity index is 1200. The molecule has 18 unspecified atom stereocenters. The highest BCUT2D eigenvalue weighted by atomic mass is 16.7. The van der Waals surface area contributed by atoms with E-state index in [1.54, 1.807) is 55.4 Å². The molecule has 0 amide bonds. The maximum absolute atomic E-state index is 14.1. The number of ether oxygens (including phenoxy) is 6. The molecular formula is C37H68N2O13. The first-order valence-electron chi connectivity index (χ1n) is 18.7. The zero-order valence-corrected chi connectivity index (χ0v) is 33.4. The van der Waals surface area contributed by atoms with Crippen LogP contribution in [0.2, 0.25) is 0 Å². The Balaban J connectivity index is 2.21. The summed E-state index contributed by atoms with van der Waals surface area (Å²) in [6, 6.07) is -0.322. The molecule has 304 valence electrons. The lowest BCUT2D eigenvalue weighted by molar-refractivity contribution is -0.317. The molecule has 0 bridgehead atoms. The smallest absolute Gasteiger partial charge is 0.311 e. The standard InChI is InChI=1S/C37H68N2O13/c1-14-25-37(10,45)30(41)20(4)27(38-46)18(2)16-35(8,44)32(52-34-28(40)24(39(11)12)15-19(3)48-34)21(5)29(22(6)33(43)50-25)51-26-17-36(9,47-13)31(42)23(7)49-26/h18-26,28-32,34,40-42,44-46H,14-17H2,1-13H3/b38-27-. The molecule has 3 heterocycles. The van der Waals surface area contributed by atoms with Gasteiger partial charge in [-0.1, -0.05) is 32.9 Å². The number of nitrogens with zero attached hydrogens (tertiary/aromatic N) is 2. The van der Waals surface area contributed by atoms with Gasteiger partial charge < -0.3 is 64.1 Å². The Morgan fingerprint density at radius 1 is 0.923 bits per heavy atom. The van der Waals surface area contributed by atoms with E-state index < -0.39 is 102 Å². The van der Waals surface area contributed by atoms with Gasteiger partial charge in [0.2, 0.25) is 0 Å². The first-order chi connectivity index (χ1) is 24.0. The van der Waals surface area contributed by atoms with E-state index in [1.807, 2.05) is 25.9 Å². The molecule has 0 radical (unpaired) electrons.